The molecule has 3 aromatic rings. The van der Waals surface area contributed by atoms with Gasteiger partial charge in [0.15, 0.2) is 0 Å². The van der Waals surface area contributed by atoms with E-state index in [4.69, 9.17) is 0 Å². The summed E-state index contributed by atoms with van der Waals surface area (Å²) in [6.45, 7) is 1.88. The van der Waals surface area contributed by atoms with Crippen LogP contribution in [-0.2, 0) is 4.79 Å². The number of carbonyl (C=O) groups is 1. The lowest BCUT2D eigenvalue weighted by molar-refractivity contribution is -0.124. The third-order valence-electron chi connectivity index (χ3n) is 3.84. The highest BCUT2D eigenvalue weighted by molar-refractivity contribution is 5.83. The number of amides is 1. The molecular weight excluding hydrogens is 292 g/mol. The Hall–Kier alpha value is -2.73. The van der Waals surface area contributed by atoms with Crippen LogP contribution in [0.4, 0.5) is 0 Å². The van der Waals surface area contributed by atoms with Crippen LogP contribution in [0.25, 0.3) is 10.8 Å². The van der Waals surface area contributed by atoms with Gasteiger partial charge in [0.1, 0.15) is 18.7 Å². The fourth-order valence-corrected chi connectivity index (χ4v) is 2.42. The zero-order valence-corrected chi connectivity index (χ0v) is 12.8. The number of hydrogen-bond acceptors (Lipinski definition) is 4. The van der Waals surface area contributed by atoms with E-state index in [1.165, 1.54) is 17.3 Å². The van der Waals surface area contributed by atoms with Crippen LogP contribution in [0.2, 0.25) is 0 Å². The van der Waals surface area contributed by atoms with Gasteiger partial charge < -0.3 is 10.4 Å². The van der Waals surface area contributed by atoms with Gasteiger partial charge in [-0.25, -0.2) is 9.67 Å². The Morgan fingerprint density at radius 1 is 1.26 bits per heavy atom. The van der Waals surface area contributed by atoms with E-state index >= 15 is 0 Å². The molecule has 0 bridgehead atoms. The van der Waals surface area contributed by atoms with Gasteiger partial charge in [-0.2, -0.15) is 5.10 Å². The van der Waals surface area contributed by atoms with Crippen molar-refractivity contribution in [3.8, 4) is 0 Å². The van der Waals surface area contributed by atoms with Crippen molar-refractivity contribution in [1.29, 1.82) is 0 Å². The number of hydrogen-bond donors (Lipinski definition) is 2. The molecule has 1 amide bonds. The second kappa shape index (κ2) is 6.58. The topological polar surface area (TPSA) is 80.0 Å². The summed E-state index contributed by atoms with van der Waals surface area (Å²) >= 11 is 0. The molecule has 23 heavy (non-hydrogen) atoms. The van der Waals surface area contributed by atoms with E-state index < -0.39 is 12.1 Å². The standard InChI is InChI=1S/C17H18N4O2/c1-12(21-11-18-10-20-21)17(23)19-9-16(22)15-7-6-13-4-2-3-5-14(13)8-15/h2-8,10-12,16,22H,9H2,1H3,(H,19,23). The summed E-state index contributed by atoms with van der Waals surface area (Å²) in [5, 5.41) is 19.1. The third kappa shape index (κ3) is 3.37. The van der Waals surface area contributed by atoms with E-state index in [2.05, 4.69) is 15.4 Å². The molecule has 2 N–H and O–H groups in total. The van der Waals surface area contributed by atoms with Gasteiger partial charge in [0, 0.05) is 6.54 Å². The van der Waals surface area contributed by atoms with Crippen LogP contribution in [0.1, 0.15) is 24.6 Å². The van der Waals surface area contributed by atoms with Gasteiger partial charge in [-0.1, -0.05) is 36.4 Å². The monoisotopic (exact) mass is 310 g/mol. The molecule has 0 radical (unpaired) electrons. The van der Waals surface area contributed by atoms with Crippen molar-refractivity contribution in [1.82, 2.24) is 20.1 Å². The quantitative estimate of drug-likeness (QED) is 0.753. The Balaban J connectivity index is 1.64. The lowest BCUT2D eigenvalue weighted by Crippen LogP contribution is -2.34. The van der Waals surface area contributed by atoms with Gasteiger partial charge in [0.25, 0.3) is 0 Å². The van der Waals surface area contributed by atoms with Crippen LogP contribution in [-0.4, -0.2) is 32.3 Å². The summed E-state index contributed by atoms with van der Waals surface area (Å²) < 4.78 is 1.47. The molecule has 3 rings (SSSR count). The normalized spacial score (nSPS) is 13.7. The molecule has 0 saturated carbocycles. The Morgan fingerprint density at radius 3 is 2.78 bits per heavy atom. The molecule has 1 heterocycles. The van der Waals surface area contributed by atoms with E-state index in [1.54, 1.807) is 6.92 Å². The van der Waals surface area contributed by atoms with Crippen LogP contribution in [0.5, 0.6) is 0 Å². The van der Waals surface area contributed by atoms with Crippen LogP contribution in [0.3, 0.4) is 0 Å². The summed E-state index contributed by atoms with van der Waals surface area (Å²) in [4.78, 5) is 15.9. The van der Waals surface area contributed by atoms with E-state index in [1.807, 2.05) is 42.5 Å². The number of rotatable bonds is 5. The summed E-state index contributed by atoms with van der Waals surface area (Å²) in [6, 6.07) is 13.3. The first kappa shape index (κ1) is 15.2. The van der Waals surface area contributed by atoms with Crippen LogP contribution >= 0.6 is 0 Å². The average Bonchev–Trinajstić information content (AvgIpc) is 3.12. The molecule has 1 aromatic heterocycles. The van der Waals surface area contributed by atoms with Crippen molar-refractivity contribution in [2.24, 2.45) is 0 Å². The highest BCUT2D eigenvalue weighted by Gasteiger charge is 2.17. The summed E-state index contributed by atoms with van der Waals surface area (Å²) in [7, 11) is 0. The Labute approximate surface area is 133 Å². The second-order valence-electron chi connectivity index (χ2n) is 5.42. The lowest BCUT2D eigenvalue weighted by Gasteiger charge is -2.16. The molecule has 0 fully saturated rings. The van der Waals surface area contributed by atoms with E-state index in [9.17, 15) is 9.90 Å². The molecule has 0 aliphatic carbocycles. The second-order valence-corrected chi connectivity index (χ2v) is 5.42. The SMILES string of the molecule is CC(C(=O)NCC(O)c1ccc2ccccc2c1)n1cncn1. The minimum absolute atomic E-state index is 0.149. The average molecular weight is 310 g/mol. The van der Waals surface area contributed by atoms with Gasteiger partial charge >= 0.3 is 0 Å². The van der Waals surface area contributed by atoms with Crippen molar-refractivity contribution < 1.29 is 9.90 Å². The maximum Gasteiger partial charge on any atom is 0.244 e. The van der Waals surface area contributed by atoms with E-state index in [0.717, 1.165) is 16.3 Å². The van der Waals surface area contributed by atoms with Crippen LogP contribution in [0.15, 0.2) is 55.1 Å². The molecule has 0 spiro atoms. The first-order chi connectivity index (χ1) is 11.1. The van der Waals surface area contributed by atoms with Crippen LogP contribution < -0.4 is 5.32 Å². The van der Waals surface area contributed by atoms with Gasteiger partial charge in [-0.3, -0.25) is 4.79 Å². The molecule has 0 aliphatic rings. The Kier molecular flexibility index (Phi) is 4.34. The minimum atomic E-state index is -0.758. The molecule has 2 unspecified atom stereocenters. The lowest BCUT2D eigenvalue weighted by atomic mass is 10.0. The number of nitrogens with one attached hydrogen (secondary N) is 1. The van der Waals surface area contributed by atoms with E-state index in [0.29, 0.717) is 0 Å². The number of aliphatic hydroxyl groups is 1. The summed E-state index contributed by atoms with van der Waals surface area (Å²) in [5.74, 6) is -0.213. The predicted molar refractivity (Wildman–Crippen MR) is 86.7 cm³/mol. The fourth-order valence-electron chi connectivity index (χ4n) is 2.42. The number of aromatic nitrogens is 3. The number of nitrogens with zero attached hydrogens (tertiary/aromatic N) is 3. The van der Waals surface area contributed by atoms with Gasteiger partial charge in [0.05, 0.1) is 6.10 Å². The number of aliphatic hydroxyl groups excluding tert-OH is 1. The third-order valence-corrected chi connectivity index (χ3v) is 3.84. The van der Waals surface area contributed by atoms with Gasteiger partial charge in [0.2, 0.25) is 5.91 Å². The molecular formula is C17H18N4O2. The molecule has 0 saturated heterocycles. The first-order valence-corrected chi connectivity index (χ1v) is 7.44. The van der Waals surface area contributed by atoms with Gasteiger partial charge in [-0.15, -0.1) is 0 Å². The Bertz CT molecular complexity index is 801. The number of carbonyl (C=O) groups excluding carboxylic acids is 1. The Morgan fingerprint density at radius 2 is 2.04 bits per heavy atom. The molecule has 2 atom stereocenters. The molecule has 2 aromatic carbocycles. The van der Waals surface area contributed by atoms with Crippen molar-refractivity contribution in [3.05, 3.63) is 60.7 Å². The fraction of sp³-hybridized carbons (Fsp3) is 0.235. The van der Waals surface area contributed by atoms with Crippen molar-refractivity contribution in [2.75, 3.05) is 6.54 Å². The first-order valence-electron chi connectivity index (χ1n) is 7.44. The summed E-state index contributed by atoms with van der Waals surface area (Å²) in [6.07, 6.45) is 2.11. The molecule has 0 aliphatic heterocycles. The highest BCUT2D eigenvalue weighted by atomic mass is 16.3. The number of benzene rings is 2. The summed E-state index contributed by atoms with van der Waals surface area (Å²) in [5.41, 5.74) is 0.775. The zero-order chi connectivity index (χ0) is 16.2. The largest absolute Gasteiger partial charge is 0.387 e. The number of fused-ring (bicyclic) bond motifs is 1. The predicted octanol–water partition coefficient (Wildman–Crippen LogP) is 1.84. The van der Waals surface area contributed by atoms with Gasteiger partial charge in [-0.05, 0) is 29.3 Å². The van der Waals surface area contributed by atoms with Crippen molar-refractivity contribution in [2.45, 2.75) is 19.1 Å². The minimum Gasteiger partial charge on any atom is -0.387 e. The van der Waals surface area contributed by atoms with Crippen molar-refractivity contribution in [3.63, 3.8) is 0 Å². The van der Waals surface area contributed by atoms with Crippen molar-refractivity contribution >= 4 is 16.7 Å². The molecule has 6 heteroatoms. The highest BCUT2D eigenvalue weighted by Crippen LogP contribution is 2.20. The maximum atomic E-state index is 12.1. The molecule has 6 nitrogen and oxygen atoms in total. The maximum absolute atomic E-state index is 12.1. The smallest absolute Gasteiger partial charge is 0.244 e. The molecule has 118 valence electrons. The zero-order valence-electron chi connectivity index (χ0n) is 12.8. The van der Waals surface area contributed by atoms with E-state index in [-0.39, 0.29) is 12.5 Å². The van der Waals surface area contributed by atoms with Crippen LogP contribution in [0, 0.1) is 0 Å².